The van der Waals surface area contributed by atoms with Gasteiger partial charge in [-0.1, -0.05) is 5.21 Å². The predicted molar refractivity (Wildman–Crippen MR) is 59.3 cm³/mol. The number of hydrogen-bond donors (Lipinski definition) is 2. The molecule has 0 amide bonds. The third kappa shape index (κ3) is 2.07. The standard InChI is InChI=1S/C9H15BrN4O/c1-14-7(8(10)12-13-14)9(15)3-2-5-11-6-4-9/h11,15H,2-6H2,1H3. The summed E-state index contributed by atoms with van der Waals surface area (Å²) in [5.41, 5.74) is -0.0215. The number of aliphatic hydroxyl groups is 1. The minimum absolute atomic E-state index is 0.648. The van der Waals surface area contributed by atoms with Crippen molar-refractivity contribution in [2.24, 2.45) is 7.05 Å². The fraction of sp³-hybridized carbons (Fsp3) is 0.778. The van der Waals surface area contributed by atoms with Gasteiger partial charge in [0.15, 0.2) is 4.60 Å². The normalized spacial score (nSPS) is 27.7. The van der Waals surface area contributed by atoms with E-state index in [9.17, 15) is 5.11 Å². The summed E-state index contributed by atoms with van der Waals surface area (Å²) in [7, 11) is 1.81. The van der Waals surface area contributed by atoms with Crippen LogP contribution in [0.3, 0.4) is 0 Å². The summed E-state index contributed by atoms with van der Waals surface area (Å²) in [6.07, 6.45) is 2.42. The molecule has 84 valence electrons. The Balaban J connectivity index is 2.34. The summed E-state index contributed by atoms with van der Waals surface area (Å²) in [4.78, 5) is 0. The lowest BCUT2D eigenvalue weighted by Gasteiger charge is -2.26. The first-order valence-electron chi connectivity index (χ1n) is 5.12. The van der Waals surface area contributed by atoms with Crippen molar-refractivity contribution in [1.82, 2.24) is 20.3 Å². The molecule has 0 radical (unpaired) electrons. The van der Waals surface area contributed by atoms with Gasteiger partial charge in [-0.3, -0.25) is 0 Å². The van der Waals surface area contributed by atoms with E-state index in [4.69, 9.17) is 0 Å². The summed E-state index contributed by atoms with van der Waals surface area (Å²) in [6, 6.07) is 0. The minimum atomic E-state index is -0.805. The highest BCUT2D eigenvalue weighted by molar-refractivity contribution is 9.10. The lowest BCUT2D eigenvalue weighted by atomic mass is 9.91. The zero-order valence-electron chi connectivity index (χ0n) is 8.70. The van der Waals surface area contributed by atoms with Crippen molar-refractivity contribution in [2.75, 3.05) is 13.1 Å². The molecule has 0 saturated carbocycles. The van der Waals surface area contributed by atoms with Gasteiger partial charge in [0.2, 0.25) is 0 Å². The highest BCUT2D eigenvalue weighted by Gasteiger charge is 2.35. The summed E-state index contributed by atoms with van der Waals surface area (Å²) in [5, 5.41) is 21.7. The highest BCUT2D eigenvalue weighted by atomic mass is 79.9. The molecule has 2 rings (SSSR count). The van der Waals surface area contributed by atoms with E-state index < -0.39 is 5.60 Å². The van der Waals surface area contributed by atoms with Crippen LogP contribution < -0.4 is 5.32 Å². The van der Waals surface area contributed by atoms with Crippen LogP contribution in [0.5, 0.6) is 0 Å². The van der Waals surface area contributed by atoms with Crippen molar-refractivity contribution in [3.63, 3.8) is 0 Å². The molecule has 1 aliphatic rings. The Morgan fingerprint density at radius 2 is 2.27 bits per heavy atom. The number of nitrogens with one attached hydrogen (secondary N) is 1. The maximum absolute atomic E-state index is 10.6. The minimum Gasteiger partial charge on any atom is -0.383 e. The van der Waals surface area contributed by atoms with Crippen molar-refractivity contribution >= 4 is 15.9 Å². The van der Waals surface area contributed by atoms with Crippen molar-refractivity contribution in [1.29, 1.82) is 0 Å². The average molecular weight is 275 g/mol. The third-order valence-electron chi connectivity index (χ3n) is 2.89. The molecule has 1 aliphatic heterocycles. The van der Waals surface area contributed by atoms with E-state index >= 15 is 0 Å². The molecule has 0 spiro atoms. The van der Waals surface area contributed by atoms with E-state index in [-0.39, 0.29) is 0 Å². The molecule has 0 aromatic carbocycles. The second-order valence-corrected chi connectivity index (χ2v) is 4.74. The van der Waals surface area contributed by atoms with E-state index in [1.54, 1.807) is 4.68 Å². The smallest absolute Gasteiger partial charge is 0.154 e. The Bertz CT molecular complexity index is 324. The second kappa shape index (κ2) is 4.19. The molecule has 1 saturated heterocycles. The van der Waals surface area contributed by atoms with Crippen LogP contribution in [0.25, 0.3) is 0 Å². The number of halogens is 1. The maximum atomic E-state index is 10.6. The Labute approximate surface area is 97.0 Å². The SMILES string of the molecule is Cn1nnc(Br)c1C1(O)CCCNCC1. The van der Waals surface area contributed by atoms with Crippen molar-refractivity contribution < 1.29 is 5.11 Å². The zero-order chi connectivity index (χ0) is 10.9. The number of rotatable bonds is 1. The average Bonchev–Trinajstić information content (AvgIpc) is 2.40. The van der Waals surface area contributed by atoms with Gasteiger partial charge in [-0.2, -0.15) is 0 Å². The first-order valence-corrected chi connectivity index (χ1v) is 5.91. The third-order valence-corrected chi connectivity index (χ3v) is 3.42. The maximum Gasteiger partial charge on any atom is 0.154 e. The van der Waals surface area contributed by atoms with Gasteiger partial charge in [0.25, 0.3) is 0 Å². The molecule has 2 N–H and O–H groups in total. The van der Waals surface area contributed by atoms with Gasteiger partial charge in [0.1, 0.15) is 11.3 Å². The number of nitrogens with zero attached hydrogens (tertiary/aromatic N) is 3. The largest absolute Gasteiger partial charge is 0.383 e. The van der Waals surface area contributed by atoms with Gasteiger partial charge in [-0.15, -0.1) is 5.10 Å². The van der Waals surface area contributed by atoms with E-state index in [0.29, 0.717) is 11.0 Å². The Kier molecular flexibility index (Phi) is 3.08. The molecule has 1 aromatic heterocycles. The first-order chi connectivity index (χ1) is 7.13. The number of aromatic nitrogens is 3. The van der Waals surface area contributed by atoms with Crippen LogP contribution in [-0.4, -0.2) is 33.2 Å². The monoisotopic (exact) mass is 274 g/mol. The van der Waals surface area contributed by atoms with E-state index in [1.807, 2.05) is 7.05 Å². The molecule has 0 aliphatic carbocycles. The molecular weight excluding hydrogens is 260 g/mol. The van der Waals surface area contributed by atoms with E-state index in [0.717, 1.165) is 31.6 Å². The van der Waals surface area contributed by atoms with Crippen LogP contribution in [0.1, 0.15) is 25.0 Å². The molecular formula is C9H15BrN4O. The van der Waals surface area contributed by atoms with Gasteiger partial charge in [-0.05, 0) is 48.3 Å². The molecule has 1 fully saturated rings. The lowest BCUT2D eigenvalue weighted by Crippen LogP contribution is -2.30. The van der Waals surface area contributed by atoms with Gasteiger partial charge >= 0.3 is 0 Å². The Morgan fingerprint density at radius 3 is 2.93 bits per heavy atom. The van der Waals surface area contributed by atoms with Gasteiger partial charge in [0.05, 0.1) is 0 Å². The molecule has 1 unspecified atom stereocenters. The van der Waals surface area contributed by atoms with Crippen LogP contribution in [0, 0.1) is 0 Å². The molecule has 5 nitrogen and oxygen atoms in total. The van der Waals surface area contributed by atoms with Crippen LogP contribution >= 0.6 is 15.9 Å². The number of aryl methyl sites for hydroxylation is 1. The fourth-order valence-electron chi connectivity index (χ4n) is 2.11. The van der Waals surface area contributed by atoms with Crippen LogP contribution in [0.2, 0.25) is 0 Å². The second-order valence-electron chi connectivity index (χ2n) is 3.99. The summed E-state index contributed by atoms with van der Waals surface area (Å²) < 4.78 is 2.30. The quantitative estimate of drug-likeness (QED) is 0.785. The zero-order valence-corrected chi connectivity index (χ0v) is 10.3. The molecule has 15 heavy (non-hydrogen) atoms. The van der Waals surface area contributed by atoms with Crippen molar-refractivity contribution in [2.45, 2.75) is 24.9 Å². The summed E-state index contributed by atoms with van der Waals surface area (Å²) in [5.74, 6) is 0. The van der Waals surface area contributed by atoms with Crippen molar-refractivity contribution in [3.05, 3.63) is 10.3 Å². The highest BCUT2D eigenvalue weighted by Crippen LogP contribution is 2.34. The molecule has 6 heteroatoms. The van der Waals surface area contributed by atoms with Crippen LogP contribution in [-0.2, 0) is 12.6 Å². The Morgan fingerprint density at radius 1 is 1.47 bits per heavy atom. The van der Waals surface area contributed by atoms with Gasteiger partial charge in [-0.25, -0.2) is 4.68 Å². The topological polar surface area (TPSA) is 63.0 Å². The molecule has 1 aromatic rings. The molecule has 1 atom stereocenters. The number of hydrogen-bond acceptors (Lipinski definition) is 4. The first kappa shape index (κ1) is 11.0. The van der Waals surface area contributed by atoms with E-state index in [2.05, 4.69) is 31.6 Å². The predicted octanol–water partition coefficient (Wildman–Crippen LogP) is 0.539. The molecule has 0 bridgehead atoms. The fourth-order valence-corrected chi connectivity index (χ4v) is 2.81. The molecule has 2 heterocycles. The Hall–Kier alpha value is -0.460. The van der Waals surface area contributed by atoms with Crippen molar-refractivity contribution in [3.8, 4) is 0 Å². The van der Waals surface area contributed by atoms with Crippen LogP contribution in [0.4, 0.5) is 0 Å². The summed E-state index contributed by atoms with van der Waals surface area (Å²) in [6.45, 7) is 1.79. The lowest BCUT2D eigenvalue weighted by molar-refractivity contribution is 0.0153. The van der Waals surface area contributed by atoms with Crippen LogP contribution in [0.15, 0.2) is 4.60 Å². The van der Waals surface area contributed by atoms with E-state index in [1.165, 1.54) is 0 Å². The van der Waals surface area contributed by atoms with Gasteiger partial charge in [0, 0.05) is 7.05 Å². The van der Waals surface area contributed by atoms with Gasteiger partial charge < -0.3 is 10.4 Å². The summed E-state index contributed by atoms with van der Waals surface area (Å²) >= 11 is 3.34.